The molecule has 1 nitrogen and oxygen atoms in total. The molecule has 1 saturated heterocycles. The number of hydrogen-bond donors (Lipinski definition) is 0. The first-order valence-electron chi connectivity index (χ1n) is 7.24. The summed E-state index contributed by atoms with van der Waals surface area (Å²) in [4.78, 5) is 2.61. The summed E-state index contributed by atoms with van der Waals surface area (Å²) in [6.45, 7) is 2.44. The van der Waals surface area contributed by atoms with Gasteiger partial charge in [-0.15, -0.1) is 11.6 Å². The zero-order valence-electron chi connectivity index (χ0n) is 11.2. The van der Waals surface area contributed by atoms with Crippen molar-refractivity contribution in [3.8, 4) is 0 Å². The van der Waals surface area contributed by atoms with Crippen LogP contribution in [0.15, 0.2) is 30.3 Å². The summed E-state index contributed by atoms with van der Waals surface area (Å²) in [6, 6.07) is 11.4. The fourth-order valence-electron chi connectivity index (χ4n) is 2.84. The van der Waals surface area contributed by atoms with Gasteiger partial charge in [0.15, 0.2) is 0 Å². The molecular weight excluding hydrogens is 242 g/mol. The Balaban J connectivity index is 1.77. The van der Waals surface area contributed by atoms with Gasteiger partial charge in [-0.05, 0) is 44.3 Å². The van der Waals surface area contributed by atoms with Crippen molar-refractivity contribution in [3.05, 3.63) is 35.9 Å². The largest absolute Gasteiger partial charge is 0.299 e. The van der Waals surface area contributed by atoms with Gasteiger partial charge in [0.2, 0.25) is 0 Å². The first-order chi connectivity index (χ1) is 8.90. The molecule has 0 saturated carbocycles. The van der Waals surface area contributed by atoms with Crippen molar-refractivity contribution in [1.29, 1.82) is 0 Å². The fraction of sp³-hybridized carbons (Fsp3) is 0.625. The molecule has 0 N–H and O–H groups in total. The van der Waals surface area contributed by atoms with Crippen LogP contribution in [0.5, 0.6) is 0 Å². The average molecular weight is 266 g/mol. The molecule has 1 unspecified atom stereocenters. The van der Waals surface area contributed by atoms with E-state index in [9.17, 15) is 0 Å². The highest BCUT2D eigenvalue weighted by atomic mass is 35.5. The molecule has 1 aliphatic heterocycles. The molecule has 0 aliphatic carbocycles. The van der Waals surface area contributed by atoms with Crippen LogP contribution in [0.1, 0.15) is 37.7 Å². The van der Waals surface area contributed by atoms with E-state index in [0.717, 1.165) is 5.88 Å². The second-order valence-electron chi connectivity index (χ2n) is 5.28. The Hall–Kier alpha value is -0.530. The van der Waals surface area contributed by atoms with Gasteiger partial charge >= 0.3 is 0 Å². The summed E-state index contributed by atoms with van der Waals surface area (Å²) in [5, 5.41) is 0. The predicted molar refractivity (Wildman–Crippen MR) is 79.3 cm³/mol. The Morgan fingerprint density at radius 1 is 1.11 bits per heavy atom. The molecule has 0 spiro atoms. The molecule has 0 amide bonds. The number of nitrogens with zero attached hydrogens (tertiary/aromatic N) is 1. The Bertz CT molecular complexity index is 325. The molecule has 1 fully saturated rings. The smallest absolute Gasteiger partial charge is 0.0379 e. The molecular formula is C16H24ClN. The van der Waals surface area contributed by atoms with E-state index in [0.29, 0.717) is 6.04 Å². The first kappa shape index (κ1) is 13.9. The second kappa shape index (κ2) is 7.81. The number of likely N-dealkylation sites (tertiary alicyclic amines) is 1. The molecule has 1 aliphatic rings. The number of benzene rings is 1. The molecule has 1 atom stereocenters. The minimum Gasteiger partial charge on any atom is -0.299 e. The Morgan fingerprint density at radius 2 is 1.94 bits per heavy atom. The minimum absolute atomic E-state index is 0.616. The van der Waals surface area contributed by atoms with Crippen molar-refractivity contribution in [2.45, 2.75) is 44.6 Å². The topological polar surface area (TPSA) is 3.24 Å². The molecule has 0 bridgehead atoms. The third-order valence-corrected chi connectivity index (χ3v) is 4.29. The standard InChI is InChI=1S/C16H24ClN/c17-14-16-11-5-2-6-12-18(16)13-7-10-15-8-3-1-4-9-15/h1,3-4,8-9,16H,2,5-7,10-14H2. The highest BCUT2D eigenvalue weighted by molar-refractivity contribution is 6.18. The van der Waals surface area contributed by atoms with E-state index in [-0.39, 0.29) is 0 Å². The summed E-state index contributed by atoms with van der Waals surface area (Å²) in [6.07, 6.45) is 7.80. The molecule has 0 radical (unpaired) electrons. The van der Waals surface area contributed by atoms with Crippen molar-refractivity contribution in [1.82, 2.24) is 4.90 Å². The van der Waals surface area contributed by atoms with Crippen LogP contribution in [0.25, 0.3) is 0 Å². The zero-order chi connectivity index (χ0) is 12.6. The monoisotopic (exact) mass is 265 g/mol. The summed E-state index contributed by atoms with van der Waals surface area (Å²) >= 11 is 6.10. The van der Waals surface area contributed by atoms with Gasteiger partial charge in [-0.25, -0.2) is 0 Å². The number of hydrogen-bond acceptors (Lipinski definition) is 1. The normalized spacial score (nSPS) is 21.7. The Morgan fingerprint density at radius 3 is 2.72 bits per heavy atom. The van der Waals surface area contributed by atoms with E-state index in [2.05, 4.69) is 35.2 Å². The highest BCUT2D eigenvalue weighted by Crippen LogP contribution is 2.18. The van der Waals surface area contributed by atoms with Gasteiger partial charge in [0, 0.05) is 11.9 Å². The van der Waals surface area contributed by atoms with E-state index >= 15 is 0 Å². The number of alkyl halides is 1. The highest BCUT2D eigenvalue weighted by Gasteiger charge is 2.19. The fourth-order valence-corrected chi connectivity index (χ4v) is 3.19. The number of halogens is 1. The number of aryl methyl sites for hydroxylation is 1. The first-order valence-corrected chi connectivity index (χ1v) is 7.77. The van der Waals surface area contributed by atoms with Crippen LogP contribution in [0.3, 0.4) is 0 Å². The van der Waals surface area contributed by atoms with Crippen molar-refractivity contribution in [3.63, 3.8) is 0 Å². The predicted octanol–water partition coefficient (Wildman–Crippen LogP) is 4.10. The maximum Gasteiger partial charge on any atom is 0.0379 e. The summed E-state index contributed by atoms with van der Waals surface area (Å²) in [5.41, 5.74) is 1.45. The van der Waals surface area contributed by atoms with Gasteiger partial charge in [0.05, 0.1) is 0 Å². The van der Waals surface area contributed by atoms with Gasteiger partial charge in [-0.1, -0.05) is 43.2 Å². The molecule has 2 heteroatoms. The van der Waals surface area contributed by atoms with E-state index < -0.39 is 0 Å². The van der Waals surface area contributed by atoms with Gasteiger partial charge in [-0.2, -0.15) is 0 Å². The SMILES string of the molecule is ClCC1CCCCCN1CCCc1ccccc1. The molecule has 1 aromatic rings. The molecule has 2 rings (SSSR count). The third kappa shape index (κ3) is 4.29. The van der Waals surface area contributed by atoms with Crippen molar-refractivity contribution in [2.75, 3.05) is 19.0 Å². The minimum atomic E-state index is 0.616. The van der Waals surface area contributed by atoms with Crippen LogP contribution in [0, 0.1) is 0 Å². The Kier molecular flexibility index (Phi) is 6.02. The number of rotatable bonds is 5. The average Bonchev–Trinajstić information content (AvgIpc) is 2.65. The molecule has 18 heavy (non-hydrogen) atoms. The van der Waals surface area contributed by atoms with Gasteiger partial charge in [-0.3, -0.25) is 4.90 Å². The maximum atomic E-state index is 6.10. The van der Waals surface area contributed by atoms with E-state index in [4.69, 9.17) is 11.6 Å². The van der Waals surface area contributed by atoms with Crippen LogP contribution in [0.4, 0.5) is 0 Å². The zero-order valence-corrected chi connectivity index (χ0v) is 11.9. The van der Waals surface area contributed by atoms with E-state index in [1.807, 2.05) is 0 Å². The lowest BCUT2D eigenvalue weighted by molar-refractivity contribution is 0.213. The lowest BCUT2D eigenvalue weighted by atomic mass is 10.1. The van der Waals surface area contributed by atoms with Crippen LogP contribution >= 0.6 is 11.6 Å². The summed E-state index contributed by atoms with van der Waals surface area (Å²) in [7, 11) is 0. The van der Waals surface area contributed by atoms with Gasteiger partial charge in [0.25, 0.3) is 0 Å². The van der Waals surface area contributed by atoms with E-state index in [1.54, 1.807) is 0 Å². The van der Waals surface area contributed by atoms with Crippen molar-refractivity contribution >= 4 is 11.6 Å². The van der Waals surface area contributed by atoms with Crippen LogP contribution in [-0.2, 0) is 6.42 Å². The quantitative estimate of drug-likeness (QED) is 0.725. The Labute approximate surface area is 116 Å². The van der Waals surface area contributed by atoms with Gasteiger partial charge in [0.1, 0.15) is 0 Å². The van der Waals surface area contributed by atoms with Crippen LogP contribution in [-0.4, -0.2) is 29.9 Å². The molecule has 1 heterocycles. The lowest BCUT2D eigenvalue weighted by Crippen LogP contribution is -2.37. The molecule has 100 valence electrons. The van der Waals surface area contributed by atoms with Crippen LogP contribution in [0.2, 0.25) is 0 Å². The van der Waals surface area contributed by atoms with E-state index in [1.165, 1.54) is 57.2 Å². The second-order valence-corrected chi connectivity index (χ2v) is 5.59. The third-order valence-electron chi connectivity index (χ3n) is 3.93. The van der Waals surface area contributed by atoms with Crippen LogP contribution < -0.4 is 0 Å². The molecule has 1 aromatic carbocycles. The van der Waals surface area contributed by atoms with Gasteiger partial charge < -0.3 is 0 Å². The van der Waals surface area contributed by atoms with Crippen molar-refractivity contribution < 1.29 is 0 Å². The molecule has 0 aromatic heterocycles. The summed E-state index contributed by atoms with van der Waals surface area (Å²) in [5.74, 6) is 0.797. The maximum absolute atomic E-state index is 6.10. The summed E-state index contributed by atoms with van der Waals surface area (Å²) < 4.78 is 0. The lowest BCUT2D eigenvalue weighted by Gasteiger charge is -2.28. The van der Waals surface area contributed by atoms with Crippen molar-refractivity contribution in [2.24, 2.45) is 0 Å².